The molecule has 0 aliphatic carbocycles. The quantitative estimate of drug-likeness (QED) is 0.856. The number of hydrogen-bond donors (Lipinski definition) is 2. The molecule has 2 heterocycles. The third kappa shape index (κ3) is 4.71. The van der Waals surface area contributed by atoms with Gasteiger partial charge in [0.25, 0.3) is 5.91 Å². The van der Waals surface area contributed by atoms with Crippen LogP contribution in [0.1, 0.15) is 42.5 Å². The molecule has 6 heteroatoms. The van der Waals surface area contributed by atoms with E-state index in [0.717, 1.165) is 38.2 Å². The zero-order valence-corrected chi connectivity index (χ0v) is 14.7. The smallest absolute Gasteiger partial charge is 0.251 e. The largest absolute Gasteiger partial charge is 0.352 e. The molecule has 0 bridgehead atoms. The Labute approximate surface area is 149 Å². The third-order valence-electron chi connectivity index (χ3n) is 4.73. The van der Waals surface area contributed by atoms with E-state index in [0.29, 0.717) is 24.4 Å². The van der Waals surface area contributed by atoms with E-state index in [1.807, 2.05) is 24.3 Å². The van der Waals surface area contributed by atoms with Gasteiger partial charge in [0.1, 0.15) is 0 Å². The summed E-state index contributed by atoms with van der Waals surface area (Å²) in [6.45, 7) is 3.63. The Hall–Kier alpha value is -1.59. The Morgan fingerprint density at radius 1 is 1.33 bits per heavy atom. The number of halogens is 1. The van der Waals surface area contributed by atoms with Crippen LogP contribution in [0.2, 0.25) is 0 Å². The number of benzene rings is 1. The number of nitrogens with one attached hydrogen (secondary N) is 2. The summed E-state index contributed by atoms with van der Waals surface area (Å²) in [6, 6.07) is 7.37. The zero-order chi connectivity index (χ0) is 16.1. The van der Waals surface area contributed by atoms with Gasteiger partial charge in [0.15, 0.2) is 0 Å². The number of carbonyl (C=O) groups is 2. The van der Waals surface area contributed by atoms with E-state index in [4.69, 9.17) is 0 Å². The van der Waals surface area contributed by atoms with Crippen molar-refractivity contribution < 1.29 is 9.59 Å². The summed E-state index contributed by atoms with van der Waals surface area (Å²) in [5.41, 5.74) is 1.46. The van der Waals surface area contributed by atoms with Crippen LogP contribution < -0.4 is 15.5 Å². The topological polar surface area (TPSA) is 61.4 Å². The van der Waals surface area contributed by atoms with Crippen LogP contribution in [0.15, 0.2) is 24.3 Å². The van der Waals surface area contributed by atoms with E-state index in [9.17, 15) is 9.59 Å². The van der Waals surface area contributed by atoms with Gasteiger partial charge in [-0.05, 0) is 62.9 Å². The monoisotopic (exact) mass is 351 g/mol. The average Bonchev–Trinajstić information content (AvgIpc) is 3.02. The minimum atomic E-state index is -0.0535. The normalized spacial score (nSPS) is 20.6. The van der Waals surface area contributed by atoms with E-state index < -0.39 is 0 Å². The summed E-state index contributed by atoms with van der Waals surface area (Å²) in [4.78, 5) is 25.9. The molecule has 1 aromatic carbocycles. The van der Waals surface area contributed by atoms with Crippen molar-refractivity contribution in [3.8, 4) is 0 Å². The lowest BCUT2D eigenvalue weighted by atomic mass is 9.96. The van der Waals surface area contributed by atoms with Crippen molar-refractivity contribution in [3.05, 3.63) is 29.8 Å². The van der Waals surface area contributed by atoms with Crippen molar-refractivity contribution in [2.75, 3.05) is 31.1 Å². The summed E-state index contributed by atoms with van der Waals surface area (Å²) in [5.74, 6) is 0.757. The van der Waals surface area contributed by atoms with Gasteiger partial charge in [0, 0.05) is 30.8 Å². The predicted octanol–water partition coefficient (Wildman–Crippen LogP) is 2.35. The van der Waals surface area contributed by atoms with Gasteiger partial charge < -0.3 is 15.5 Å². The molecule has 2 amide bonds. The molecule has 2 fully saturated rings. The minimum absolute atomic E-state index is 0. The Kier molecular flexibility index (Phi) is 7.06. The van der Waals surface area contributed by atoms with Crippen molar-refractivity contribution in [2.24, 2.45) is 5.92 Å². The van der Waals surface area contributed by atoms with Crippen LogP contribution in [0.3, 0.4) is 0 Å². The zero-order valence-electron chi connectivity index (χ0n) is 13.9. The second-order valence-electron chi connectivity index (χ2n) is 6.46. The van der Waals surface area contributed by atoms with Crippen LogP contribution >= 0.6 is 12.4 Å². The van der Waals surface area contributed by atoms with Crippen LogP contribution in [0, 0.1) is 5.92 Å². The first-order valence-corrected chi connectivity index (χ1v) is 8.63. The van der Waals surface area contributed by atoms with Crippen molar-refractivity contribution in [3.63, 3.8) is 0 Å². The molecule has 5 nitrogen and oxygen atoms in total. The first-order valence-electron chi connectivity index (χ1n) is 8.63. The van der Waals surface area contributed by atoms with Gasteiger partial charge >= 0.3 is 0 Å². The number of nitrogens with zero attached hydrogens (tertiary/aromatic N) is 1. The van der Waals surface area contributed by atoms with Crippen molar-refractivity contribution in [1.82, 2.24) is 10.6 Å². The van der Waals surface area contributed by atoms with E-state index in [1.165, 1.54) is 12.8 Å². The minimum Gasteiger partial charge on any atom is -0.352 e. The molecule has 0 aromatic heterocycles. The van der Waals surface area contributed by atoms with Gasteiger partial charge in [-0.3, -0.25) is 9.59 Å². The summed E-state index contributed by atoms with van der Waals surface area (Å²) in [7, 11) is 0. The third-order valence-corrected chi connectivity index (χ3v) is 4.73. The lowest BCUT2D eigenvalue weighted by molar-refractivity contribution is -0.117. The summed E-state index contributed by atoms with van der Waals surface area (Å²) >= 11 is 0. The van der Waals surface area contributed by atoms with Crippen LogP contribution in [-0.2, 0) is 4.79 Å². The molecule has 0 spiro atoms. The molecule has 0 saturated carbocycles. The highest BCUT2D eigenvalue weighted by atomic mass is 35.5. The lowest BCUT2D eigenvalue weighted by Crippen LogP contribution is -2.33. The standard InChI is InChI=1S/C18H25N3O2.ClH/c22-17-7-3-11-21(17)16-6-1-5-15(12-16)18(23)20-10-8-14-4-2-9-19-13-14;/h1,5-6,12,14,19H,2-4,7-11,13H2,(H,20,23);1H. The molecule has 24 heavy (non-hydrogen) atoms. The summed E-state index contributed by atoms with van der Waals surface area (Å²) in [5, 5.41) is 6.40. The predicted molar refractivity (Wildman–Crippen MR) is 97.8 cm³/mol. The van der Waals surface area contributed by atoms with E-state index in [2.05, 4.69) is 10.6 Å². The molecular formula is C18H26ClN3O2. The molecule has 2 aliphatic rings. The molecule has 1 aromatic rings. The van der Waals surface area contributed by atoms with Gasteiger partial charge in [0.2, 0.25) is 5.91 Å². The highest BCUT2D eigenvalue weighted by Gasteiger charge is 2.22. The fourth-order valence-electron chi connectivity index (χ4n) is 3.40. The summed E-state index contributed by atoms with van der Waals surface area (Å²) in [6.07, 6.45) is 4.99. The average molecular weight is 352 g/mol. The van der Waals surface area contributed by atoms with Crippen molar-refractivity contribution in [1.29, 1.82) is 0 Å². The van der Waals surface area contributed by atoms with Gasteiger partial charge in [-0.25, -0.2) is 0 Å². The number of rotatable bonds is 5. The summed E-state index contributed by atoms with van der Waals surface area (Å²) < 4.78 is 0. The second kappa shape index (κ2) is 9.04. The highest BCUT2D eigenvalue weighted by Crippen LogP contribution is 2.22. The molecule has 0 radical (unpaired) electrons. The van der Waals surface area contributed by atoms with E-state index in [-0.39, 0.29) is 24.2 Å². The Morgan fingerprint density at radius 2 is 2.21 bits per heavy atom. The SMILES string of the molecule is Cl.O=C(NCCC1CCCNC1)c1cccc(N2CCCC2=O)c1. The van der Waals surface area contributed by atoms with Gasteiger partial charge in [0.05, 0.1) is 0 Å². The number of hydrogen-bond acceptors (Lipinski definition) is 3. The highest BCUT2D eigenvalue weighted by molar-refractivity contribution is 5.99. The van der Waals surface area contributed by atoms with Crippen LogP contribution in [0.4, 0.5) is 5.69 Å². The molecule has 1 atom stereocenters. The van der Waals surface area contributed by atoms with Crippen LogP contribution in [0.5, 0.6) is 0 Å². The number of amides is 2. The number of anilines is 1. The molecule has 2 N–H and O–H groups in total. The fraction of sp³-hybridized carbons (Fsp3) is 0.556. The second-order valence-corrected chi connectivity index (χ2v) is 6.46. The van der Waals surface area contributed by atoms with Crippen molar-refractivity contribution in [2.45, 2.75) is 32.1 Å². The maximum Gasteiger partial charge on any atom is 0.251 e. The fourth-order valence-corrected chi connectivity index (χ4v) is 3.40. The Morgan fingerprint density at radius 3 is 2.92 bits per heavy atom. The van der Waals surface area contributed by atoms with Crippen LogP contribution in [-0.4, -0.2) is 38.0 Å². The Balaban J connectivity index is 0.00000208. The molecule has 2 aliphatic heterocycles. The molecule has 2 saturated heterocycles. The molecule has 3 rings (SSSR count). The number of carbonyl (C=O) groups excluding carboxylic acids is 2. The van der Waals surface area contributed by atoms with Gasteiger partial charge in [-0.15, -0.1) is 12.4 Å². The van der Waals surface area contributed by atoms with E-state index >= 15 is 0 Å². The van der Waals surface area contributed by atoms with E-state index in [1.54, 1.807) is 4.90 Å². The van der Waals surface area contributed by atoms with Crippen LogP contribution in [0.25, 0.3) is 0 Å². The molecular weight excluding hydrogens is 326 g/mol. The van der Waals surface area contributed by atoms with Gasteiger partial charge in [-0.2, -0.15) is 0 Å². The number of piperidine rings is 1. The molecule has 132 valence electrons. The van der Waals surface area contributed by atoms with Gasteiger partial charge in [-0.1, -0.05) is 6.07 Å². The first-order chi connectivity index (χ1) is 11.2. The maximum atomic E-state index is 12.3. The maximum absolute atomic E-state index is 12.3. The lowest BCUT2D eigenvalue weighted by Gasteiger charge is -2.22. The van der Waals surface area contributed by atoms with Crippen molar-refractivity contribution >= 4 is 29.9 Å². The Bertz CT molecular complexity index is 573. The first kappa shape index (κ1) is 18.7. The molecule has 1 unspecified atom stereocenters.